The lowest BCUT2D eigenvalue weighted by atomic mass is 10.1. The van der Waals surface area contributed by atoms with E-state index in [1.807, 2.05) is 0 Å². The van der Waals surface area contributed by atoms with Crippen molar-refractivity contribution in [3.05, 3.63) is 69.2 Å². The quantitative estimate of drug-likeness (QED) is 0.292. The summed E-state index contributed by atoms with van der Waals surface area (Å²) in [6.45, 7) is 0. The first kappa shape index (κ1) is 16.9. The number of Topliss-reactive ketones (excluding diaryl/α,β-unsaturated/α-hetero) is 1. The van der Waals surface area contributed by atoms with E-state index in [2.05, 4.69) is 5.32 Å². The molecule has 2 aromatic carbocycles. The number of alkyl halides is 1. The van der Waals surface area contributed by atoms with E-state index in [1.54, 1.807) is 24.3 Å². The lowest BCUT2D eigenvalue weighted by Gasteiger charge is -2.10. The second kappa shape index (κ2) is 7.21. The number of halogens is 2. The maximum atomic E-state index is 12.1. The topological polar surface area (TPSA) is 89.3 Å². The largest absolute Gasteiger partial charge is 0.324 e. The molecule has 6 nitrogen and oxygen atoms in total. The predicted molar refractivity (Wildman–Crippen MR) is 87.1 cm³/mol. The summed E-state index contributed by atoms with van der Waals surface area (Å²) in [4.78, 5) is 34.1. The summed E-state index contributed by atoms with van der Waals surface area (Å²) in [6, 6.07) is 11.2. The van der Waals surface area contributed by atoms with Gasteiger partial charge in [-0.05, 0) is 36.4 Å². The van der Waals surface area contributed by atoms with Gasteiger partial charge in [0.05, 0.1) is 4.92 Å². The van der Waals surface area contributed by atoms with Gasteiger partial charge in [0.15, 0.2) is 11.2 Å². The molecule has 23 heavy (non-hydrogen) atoms. The Morgan fingerprint density at radius 3 is 2.13 bits per heavy atom. The first-order valence-corrected chi connectivity index (χ1v) is 7.19. The number of non-ortho nitro benzene ring substituents is 1. The van der Waals surface area contributed by atoms with Gasteiger partial charge in [-0.15, -0.1) is 11.6 Å². The normalized spacial score (nSPS) is 11.6. The molecule has 0 bridgehead atoms. The highest BCUT2D eigenvalue weighted by Gasteiger charge is 2.25. The maximum absolute atomic E-state index is 12.1. The van der Waals surface area contributed by atoms with Crippen molar-refractivity contribution in [2.75, 3.05) is 5.32 Å². The molecule has 0 aliphatic rings. The van der Waals surface area contributed by atoms with Crippen molar-refractivity contribution in [3.63, 3.8) is 0 Å². The summed E-state index contributed by atoms with van der Waals surface area (Å²) in [5.74, 6) is -1.34. The zero-order valence-electron chi connectivity index (χ0n) is 11.5. The number of nitro benzene ring substituents is 1. The van der Waals surface area contributed by atoms with Gasteiger partial charge in [-0.2, -0.15) is 0 Å². The Morgan fingerprint density at radius 1 is 1.04 bits per heavy atom. The van der Waals surface area contributed by atoms with Gasteiger partial charge in [-0.1, -0.05) is 11.6 Å². The third-order valence-corrected chi connectivity index (χ3v) is 3.58. The number of anilines is 1. The van der Waals surface area contributed by atoms with Crippen molar-refractivity contribution < 1.29 is 14.5 Å². The monoisotopic (exact) mass is 352 g/mol. The molecule has 1 amide bonds. The van der Waals surface area contributed by atoms with Gasteiger partial charge in [0.2, 0.25) is 5.91 Å². The highest BCUT2D eigenvalue weighted by atomic mass is 35.5. The van der Waals surface area contributed by atoms with Crippen LogP contribution in [0.4, 0.5) is 11.4 Å². The number of nitro groups is 1. The number of benzene rings is 2. The summed E-state index contributed by atoms with van der Waals surface area (Å²) in [5.41, 5.74) is 0.404. The van der Waals surface area contributed by atoms with Crippen LogP contribution < -0.4 is 5.32 Å². The average molecular weight is 353 g/mol. The van der Waals surface area contributed by atoms with E-state index in [0.717, 1.165) is 0 Å². The molecule has 1 atom stereocenters. The number of carbonyl (C=O) groups is 2. The minimum Gasteiger partial charge on any atom is -0.324 e. The molecule has 0 unspecified atom stereocenters. The van der Waals surface area contributed by atoms with E-state index in [9.17, 15) is 19.7 Å². The summed E-state index contributed by atoms with van der Waals surface area (Å²) >= 11 is 11.6. The smallest absolute Gasteiger partial charge is 0.269 e. The predicted octanol–water partition coefficient (Wildman–Crippen LogP) is 3.68. The molecule has 0 spiro atoms. The fourth-order valence-corrected chi connectivity index (χ4v) is 2.06. The molecule has 0 fully saturated rings. The molecule has 0 aromatic heterocycles. The Labute approximate surface area is 141 Å². The molecule has 0 heterocycles. The first-order chi connectivity index (χ1) is 10.9. The maximum Gasteiger partial charge on any atom is 0.269 e. The number of rotatable bonds is 5. The van der Waals surface area contributed by atoms with Crippen LogP contribution in [0.15, 0.2) is 48.5 Å². The fourth-order valence-electron chi connectivity index (χ4n) is 1.75. The van der Waals surface area contributed by atoms with Crippen LogP contribution in [0.3, 0.4) is 0 Å². The third-order valence-electron chi connectivity index (χ3n) is 2.93. The van der Waals surface area contributed by atoms with Crippen LogP contribution >= 0.6 is 23.2 Å². The molecule has 0 radical (unpaired) electrons. The summed E-state index contributed by atoms with van der Waals surface area (Å²) in [7, 11) is 0. The van der Waals surface area contributed by atoms with E-state index in [0.29, 0.717) is 10.7 Å². The van der Waals surface area contributed by atoms with Gasteiger partial charge in [0.1, 0.15) is 0 Å². The van der Waals surface area contributed by atoms with Crippen LogP contribution in [-0.4, -0.2) is 22.0 Å². The van der Waals surface area contributed by atoms with Crippen molar-refractivity contribution in [2.45, 2.75) is 5.38 Å². The van der Waals surface area contributed by atoms with Crippen LogP contribution in [-0.2, 0) is 4.79 Å². The van der Waals surface area contributed by atoms with Crippen molar-refractivity contribution in [3.8, 4) is 0 Å². The van der Waals surface area contributed by atoms with Crippen molar-refractivity contribution in [1.29, 1.82) is 0 Å². The summed E-state index contributed by atoms with van der Waals surface area (Å²) in [6.07, 6.45) is 0. The fraction of sp³-hybridized carbons (Fsp3) is 0.0667. The SMILES string of the molecule is O=C(Nc1ccc(Cl)cc1)[C@@H](Cl)C(=O)c1ccc([N+](=O)[O-])cc1. The lowest BCUT2D eigenvalue weighted by Crippen LogP contribution is -2.30. The molecule has 0 aliphatic carbocycles. The average Bonchev–Trinajstić information content (AvgIpc) is 2.55. The number of amides is 1. The summed E-state index contributed by atoms with van der Waals surface area (Å²) in [5, 5.41) is 12.1. The highest BCUT2D eigenvalue weighted by Crippen LogP contribution is 2.17. The van der Waals surface area contributed by atoms with Crippen LogP contribution in [0.5, 0.6) is 0 Å². The van der Waals surface area contributed by atoms with E-state index in [-0.39, 0.29) is 11.3 Å². The van der Waals surface area contributed by atoms with Crippen LogP contribution in [0.25, 0.3) is 0 Å². The summed E-state index contributed by atoms with van der Waals surface area (Å²) < 4.78 is 0. The Kier molecular flexibility index (Phi) is 5.31. The Balaban J connectivity index is 2.07. The highest BCUT2D eigenvalue weighted by molar-refractivity contribution is 6.45. The van der Waals surface area contributed by atoms with E-state index < -0.39 is 22.0 Å². The number of nitrogens with zero attached hydrogens (tertiary/aromatic N) is 1. The molecule has 0 saturated carbocycles. The van der Waals surface area contributed by atoms with Gasteiger partial charge in [-0.3, -0.25) is 19.7 Å². The van der Waals surface area contributed by atoms with Gasteiger partial charge in [0.25, 0.3) is 5.69 Å². The second-order valence-electron chi connectivity index (χ2n) is 4.53. The zero-order chi connectivity index (χ0) is 17.0. The number of carbonyl (C=O) groups excluding carboxylic acids is 2. The van der Waals surface area contributed by atoms with Gasteiger partial charge in [-0.25, -0.2) is 0 Å². The molecule has 118 valence electrons. The molecule has 1 N–H and O–H groups in total. The van der Waals surface area contributed by atoms with Gasteiger partial charge in [0, 0.05) is 28.4 Å². The van der Waals surface area contributed by atoms with Crippen molar-refractivity contribution >= 4 is 46.3 Å². The molecule has 0 aliphatic heterocycles. The number of nitrogens with one attached hydrogen (secondary N) is 1. The van der Waals surface area contributed by atoms with E-state index in [1.165, 1.54) is 24.3 Å². The number of hydrogen-bond acceptors (Lipinski definition) is 4. The van der Waals surface area contributed by atoms with E-state index in [4.69, 9.17) is 23.2 Å². The van der Waals surface area contributed by atoms with Gasteiger partial charge < -0.3 is 5.32 Å². The van der Waals surface area contributed by atoms with Crippen molar-refractivity contribution in [1.82, 2.24) is 0 Å². The third kappa shape index (κ3) is 4.28. The standard InChI is InChI=1S/C15H10Cl2N2O4/c16-10-3-5-11(6-4-10)18-15(21)13(17)14(20)9-1-7-12(8-2-9)19(22)23/h1-8,13H,(H,18,21)/t13-/m0/s1. The van der Waals surface area contributed by atoms with E-state index >= 15 is 0 Å². The second-order valence-corrected chi connectivity index (χ2v) is 5.40. The molecule has 8 heteroatoms. The Bertz CT molecular complexity index is 745. The molecule has 2 rings (SSSR count). The molecular weight excluding hydrogens is 343 g/mol. The van der Waals surface area contributed by atoms with Crippen LogP contribution in [0.2, 0.25) is 5.02 Å². The first-order valence-electron chi connectivity index (χ1n) is 6.37. The molecule has 0 saturated heterocycles. The number of hydrogen-bond donors (Lipinski definition) is 1. The zero-order valence-corrected chi connectivity index (χ0v) is 13.0. The Hall–Kier alpha value is -2.44. The van der Waals surface area contributed by atoms with Crippen LogP contribution in [0.1, 0.15) is 10.4 Å². The van der Waals surface area contributed by atoms with Crippen LogP contribution in [0, 0.1) is 10.1 Å². The minimum absolute atomic E-state index is 0.113. The number of ketones is 1. The van der Waals surface area contributed by atoms with Gasteiger partial charge >= 0.3 is 0 Å². The molecular formula is C15H10Cl2N2O4. The Morgan fingerprint density at radius 2 is 1.61 bits per heavy atom. The minimum atomic E-state index is -1.45. The molecule has 2 aromatic rings. The lowest BCUT2D eigenvalue weighted by molar-refractivity contribution is -0.384. The van der Waals surface area contributed by atoms with Crippen molar-refractivity contribution in [2.24, 2.45) is 0 Å².